The smallest absolute Gasteiger partial charge is 0.353 e. The Labute approximate surface area is 139 Å². The highest BCUT2D eigenvalue weighted by atomic mass is 32.2. The van der Waals surface area contributed by atoms with Crippen LogP contribution in [-0.2, 0) is 25.6 Å². The fourth-order valence-electron chi connectivity index (χ4n) is 2.49. The molecule has 2 N–H and O–H groups in total. The second-order valence-electron chi connectivity index (χ2n) is 5.08. The van der Waals surface area contributed by atoms with Crippen LogP contribution in [0.4, 0.5) is 0 Å². The number of rotatable bonds is 4. The number of carboxylic acid groups (broad SMARTS) is 1. The fraction of sp³-hybridized carbons (Fsp3) is 0.286. The van der Waals surface area contributed by atoms with Crippen LogP contribution in [0, 0.1) is 0 Å². The van der Waals surface area contributed by atoms with Gasteiger partial charge in [-0.2, -0.15) is 0 Å². The molecule has 120 valence electrons. The van der Waals surface area contributed by atoms with E-state index in [0.29, 0.717) is 0 Å². The maximum Gasteiger partial charge on any atom is 0.353 e. The van der Waals surface area contributed by atoms with Gasteiger partial charge in [-0.05, 0) is 18.4 Å². The third-order valence-electron chi connectivity index (χ3n) is 3.61. The summed E-state index contributed by atoms with van der Waals surface area (Å²) in [6.07, 6.45) is 0.146. The van der Waals surface area contributed by atoms with Crippen molar-refractivity contribution in [1.82, 2.24) is 10.2 Å². The third-order valence-corrected chi connectivity index (χ3v) is 5.73. The molecule has 0 bridgehead atoms. The van der Waals surface area contributed by atoms with Gasteiger partial charge in [-0.1, -0.05) is 17.8 Å². The Kier molecular flexibility index (Phi) is 3.99. The van der Waals surface area contributed by atoms with E-state index in [1.54, 1.807) is 0 Å². The van der Waals surface area contributed by atoms with Crippen LogP contribution in [-0.4, -0.2) is 44.3 Å². The highest BCUT2D eigenvalue weighted by molar-refractivity contribution is 8.14. The lowest BCUT2D eigenvalue weighted by molar-refractivity contribution is -0.151. The quantitative estimate of drug-likeness (QED) is 0.768. The second kappa shape index (κ2) is 5.82. The molecule has 2 aliphatic rings. The molecule has 1 aromatic rings. The van der Waals surface area contributed by atoms with Crippen LogP contribution < -0.4 is 5.32 Å². The number of thiophene rings is 1. The van der Waals surface area contributed by atoms with Crippen molar-refractivity contribution in [1.29, 1.82) is 0 Å². The van der Waals surface area contributed by atoms with E-state index >= 15 is 0 Å². The molecule has 0 aromatic carbocycles. The zero-order valence-electron chi connectivity index (χ0n) is 11.9. The molecule has 23 heavy (non-hydrogen) atoms. The molecule has 0 radical (unpaired) electrons. The number of carboxylic acids is 1. The summed E-state index contributed by atoms with van der Waals surface area (Å²) in [6.45, 7) is 1.38. The van der Waals surface area contributed by atoms with Gasteiger partial charge >= 0.3 is 5.97 Å². The lowest BCUT2D eigenvalue weighted by Crippen LogP contribution is -2.71. The van der Waals surface area contributed by atoms with Crippen LogP contribution in [0.5, 0.6) is 0 Å². The van der Waals surface area contributed by atoms with E-state index in [9.17, 15) is 24.3 Å². The molecule has 3 rings (SSSR count). The molecule has 2 aliphatic heterocycles. The van der Waals surface area contributed by atoms with Gasteiger partial charge in [-0.3, -0.25) is 19.3 Å². The Hall–Kier alpha value is -2.13. The first-order valence-electron chi connectivity index (χ1n) is 6.70. The average Bonchev–Trinajstić information content (AvgIpc) is 2.99. The Morgan fingerprint density at radius 2 is 2.13 bits per heavy atom. The Morgan fingerprint density at radius 3 is 2.74 bits per heavy atom. The molecule has 2 atom stereocenters. The van der Waals surface area contributed by atoms with Crippen LogP contribution >= 0.6 is 23.1 Å². The van der Waals surface area contributed by atoms with Crippen LogP contribution in [0.25, 0.3) is 0 Å². The van der Waals surface area contributed by atoms with Gasteiger partial charge in [0.25, 0.3) is 5.91 Å². The fourth-order valence-corrected chi connectivity index (χ4v) is 4.32. The van der Waals surface area contributed by atoms with Crippen LogP contribution in [0.1, 0.15) is 11.8 Å². The van der Waals surface area contributed by atoms with Crippen LogP contribution in [0.15, 0.2) is 28.8 Å². The summed E-state index contributed by atoms with van der Waals surface area (Å²) in [5.41, 5.74) is -0.261. The Bertz CT molecular complexity index is 740. The van der Waals surface area contributed by atoms with Crippen molar-refractivity contribution < 1.29 is 24.3 Å². The van der Waals surface area contributed by atoms with Crippen molar-refractivity contribution in [3.8, 4) is 0 Å². The lowest BCUT2D eigenvalue weighted by Gasteiger charge is -2.48. The predicted molar refractivity (Wildman–Crippen MR) is 83.5 cm³/mol. The number of thioether (sulfide) groups is 1. The maximum absolute atomic E-state index is 12.2. The molecule has 7 nitrogen and oxygen atoms in total. The summed E-state index contributed by atoms with van der Waals surface area (Å²) in [6, 6.07) is 2.76. The molecule has 1 saturated heterocycles. The zero-order valence-corrected chi connectivity index (χ0v) is 13.6. The van der Waals surface area contributed by atoms with Crippen molar-refractivity contribution in [2.45, 2.75) is 24.8 Å². The standard InChI is InChI=1S/C14H12N2O5S2/c1-6-10(13(19)20)16-11(18)9(12(16)23-14(6)21)15-8(17)5-7-3-2-4-22-7/h2-4,9,12H,5H2,1H3,(H,15,17)(H,19,20)/t9-,12-/m1/s1. The number of aliphatic carboxylic acids is 1. The van der Waals surface area contributed by atoms with Crippen molar-refractivity contribution in [2.24, 2.45) is 0 Å². The number of fused-ring (bicyclic) bond motifs is 1. The van der Waals surface area contributed by atoms with Crippen molar-refractivity contribution in [2.75, 3.05) is 0 Å². The van der Waals surface area contributed by atoms with Crippen molar-refractivity contribution >= 4 is 46.0 Å². The van der Waals surface area contributed by atoms with Gasteiger partial charge in [0.1, 0.15) is 17.1 Å². The van der Waals surface area contributed by atoms with Crippen molar-refractivity contribution in [3.05, 3.63) is 33.7 Å². The number of hydrogen-bond acceptors (Lipinski definition) is 6. The molecular formula is C14H12N2O5S2. The summed E-state index contributed by atoms with van der Waals surface area (Å²) < 4.78 is 0. The molecule has 1 fully saturated rings. The lowest BCUT2D eigenvalue weighted by atomic mass is 10.0. The van der Waals surface area contributed by atoms with Gasteiger partial charge in [0.15, 0.2) is 0 Å². The molecule has 0 unspecified atom stereocenters. The molecule has 1 aromatic heterocycles. The predicted octanol–water partition coefficient (Wildman–Crippen LogP) is 0.576. The molecule has 3 heterocycles. The first-order valence-corrected chi connectivity index (χ1v) is 8.46. The molecular weight excluding hydrogens is 340 g/mol. The first kappa shape index (κ1) is 15.8. The molecule has 0 saturated carbocycles. The SMILES string of the molecule is CC1=C(C(=O)O)N2C(=O)[C@@H](NC(=O)Cc3cccs3)[C@H]2SC1=O. The van der Waals surface area contributed by atoms with Gasteiger partial charge < -0.3 is 10.4 Å². The van der Waals surface area contributed by atoms with E-state index in [4.69, 9.17) is 0 Å². The van der Waals surface area contributed by atoms with E-state index in [0.717, 1.165) is 21.5 Å². The van der Waals surface area contributed by atoms with Crippen molar-refractivity contribution in [3.63, 3.8) is 0 Å². The second-order valence-corrected chi connectivity index (χ2v) is 7.21. The molecule has 9 heteroatoms. The van der Waals surface area contributed by atoms with E-state index in [1.807, 2.05) is 17.5 Å². The summed E-state index contributed by atoms with van der Waals surface area (Å²) in [7, 11) is 0. The normalized spacial score (nSPS) is 23.4. The maximum atomic E-state index is 12.2. The van der Waals surface area contributed by atoms with Gasteiger partial charge in [-0.25, -0.2) is 4.79 Å². The third kappa shape index (κ3) is 2.66. The van der Waals surface area contributed by atoms with Crippen LogP contribution in [0.3, 0.4) is 0 Å². The van der Waals surface area contributed by atoms with Crippen LogP contribution in [0.2, 0.25) is 0 Å². The minimum Gasteiger partial charge on any atom is -0.477 e. The number of carbonyl (C=O) groups excluding carboxylic acids is 3. The largest absolute Gasteiger partial charge is 0.477 e. The summed E-state index contributed by atoms with van der Waals surface area (Å²) in [5, 5.41) is 12.5. The number of carbonyl (C=O) groups is 4. The zero-order chi connectivity index (χ0) is 16.7. The van der Waals surface area contributed by atoms with E-state index in [-0.39, 0.29) is 23.6 Å². The minimum atomic E-state index is -1.32. The summed E-state index contributed by atoms with van der Waals surface area (Å²) in [4.78, 5) is 49.3. The van der Waals surface area contributed by atoms with E-state index < -0.39 is 28.4 Å². The van der Waals surface area contributed by atoms with Gasteiger partial charge in [0, 0.05) is 10.5 Å². The minimum absolute atomic E-state index is 0.0375. The Morgan fingerprint density at radius 1 is 1.39 bits per heavy atom. The number of hydrogen-bond donors (Lipinski definition) is 2. The topological polar surface area (TPSA) is 104 Å². The highest BCUT2D eigenvalue weighted by Crippen LogP contribution is 2.40. The number of amides is 2. The number of nitrogens with one attached hydrogen (secondary N) is 1. The molecule has 2 amide bonds. The van der Waals surface area contributed by atoms with E-state index in [2.05, 4.69) is 5.32 Å². The summed E-state index contributed by atoms with van der Waals surface area (Å²) in [5.74, 6) is -2.16. The van der Waals surface area contributed by atoms with Gasteiger partial charge in [0.05, 0.1) is 6.42 Å². The van der Waals surface area contributed by atoms with E-state index in [1.165, 1.54) is 18.3 Å². The molecule has 0 aliphatic carbocycles. The summed E-state index contributed by atoms with van der Waals surface area (Å²) >= 11 is 2.29. The average molecular weight is 352 g/mol. The van der Waals surface area contributed by atoms with Gasteiger partial charge in [0.2, 0.25) is 11.0 Å². The number of β-lactam (4-membered cyclic amide) rings is 1. The molecule has 0 spiro atoms. The Balaban J connectivity index is 1.73. The monoisotopic (exact) mass is 352 g/mol. The highest BCUT2D eigenvalue weighted by Gasteiger charge is 2.55. The van der Waals surface area contributed by atoms with Gasteiger partial charge in [-0.15, -0.1) is 11.3 Å². The number of nitrogens with zero attached hydrogens (tertiary/aromatic N) is 1. The first-order chi connectivity index (χ1) is 10.9.